The molecule has 4 nitrogen and oxygen atoms in total. The number of thiazole rings is 1. The maximum Gasteiger partial charge on any atom is 0.347 e. The Bertz CT molecular complexity index is 385. The summed E-state index contributed by atoms with van der Waals surface area (Å²) < 4.78 is 0. The zero-order valence-corrected chi connectivity index (χ0v) is 10.1. The molecule has 0 saturated heterocycles. The number of nitrogens with zero attached hydrogens (tertiary/aromatic N) is 1. The van der Waals surface area contributed by atoms with Crippen LogP contribution in [-0.4, -0.2) is 22.6 Å². The third kappa shape index (κ3) is 2.80. The van der Waals surface area contributed by atoms with Gasteiger partial charge < -0.3 is 10.4 Å². The maximum atomic E-state index is 10.9. The van der Waals surface area contributed by atoms with Crippen molar-refractivity contribution in [3.63, 3.8) is 0 Å². The van der Waals surface area contributed by atoms with Crippen LogP contribution in [0.1, 0.15) is 40.1 Å². The molecule has 0 atom stereocenters. The van der Waals surface area contributed by atoms with Gasteiger partial charge in [0.05, 0.1) is 5.69 Å². The average molecular weight is 240 g/mol. The van der Waals surface area contributed by atoms with E-state index in [0.717, 1.165) is 17.5 Å². The van der Waals surface area contributed by atoms with Crippen molar-refractivity contribution in [2.24, 2.45) is 5.92 Å². The summed E-state index contributed by atoms with van der Waals surface area (Å²) in [6.45, 7) is 3.66. The highest BCUT2D eigenvalue weighted by molar-refractivity contribution is 7.13. The van der Waals surface area contributed by atoms with E-state index in [1.807, 2.05) is 6.92 Å². The Hall–Kier alpha value is -0.940. The second kappa shape index (κ2) is 4.93. The number of hydrogen-bond acceptors (Lipinski definition) is 4. The fraction of sp³-hybridized carbons (Fsp3) is 0.636. The molecule has 1 aromatic rings. The molecule has 5 heteroatoms. The number of aryl methyl sites for hydroxylation is 1. The molecule has 1 aliphatic rings. The summed E-state index contributed by atoms with van der Waals surface area (Å²) in [5.41, 5.74) is 0.709. The van der Waals surface area contributed by atoms with E-state index >= 15 is 0 Å². The first-order valence-corrected chi connectivity index (χ1v) is 6.45. The molecule has 0 radical (unpaired) electrons. The van der Waals surface area contributed by atoms with Crippen molar-refractivity contribution < 1.29 is 9.90 Å². The van der Waals surface area contributed by atoms with Crippen molar-refractivity contribution in [3.8, 4) is 0 Å². The van der Waals surface area contributed by atoms with Crippen molar-refractivity contribution in [1.82, 2.24) is 10.3 Å². The van der Waals surface area contributed by atoms with E-state index < -0.39 is 5.97 Å². The minimum Gasteiger partial charge on any atom is -0.477 e. The fourth-order valence-corrected chi connectivity index (χ4v) is 2.55. The van der Waals surface area contributed by atoms with Gasteiger partial charge in [0.15, 0.2) is 0 Å². The lowest BCUT2D eigenvalue weighted by atomic mass is 10.3. The first-order chi connectivity index (χ1) is 7.70. The minimum absolute atomic E-state index is 0.394. The van der Waals surface area contributed by atoms with Gasteiger partial charge in [0, 0.05) is 6.54 Å². The molecule has 1 aromatic heterocycles. The SMILES string of the molecule is CCc1nc(CNCC2CC2)sc1C(=O)O. The second-order valence-electron chi connectivity index (χ2n) is 4.12. The monoisotopic (exact) mass is 240 g/mol. The Morgan fingerprint density at radius 2 is 2.38 bits per heavy atom. The number of aromatic nitrogens is 1. The molecule has 2 rings (SSSR count). The number of aromatic carboxylic acids is 1. The number of nitrogens with one attached hydrogen (secondary N) is 1. The number of rotatable bonds is 6. The molecule has 0 spiro atoms. The standard InChI is InChI=1S/C11H16N2O2S/c1-2-8-10(11(14)15)16-9(13-8)6-12-5-7-3-4-7/h7,12H,2-6H2,1H3,(H,14,15). The molecule has 16 heavy (non-hydrogen) atoms. The maximum absolute atomic E-state index is 10.9. The fourth-order valence-electron chi connectivity index (χ4n) is 1.59. The van der Waals surface area contributed by atoms with Crippen molar-refractivity contribution >= 4 is 17.3 Å². The predicted molar refractivity (Wildman–Crippen MR) is 62.9 cm³/mol. The van der Waals surface area contributed by atoms with Crippen LogP contribution in [0, 0.1) is 5.92 Å². The van der Waals surface area contributed by atoms with E-state index in [9.17, 15) is 4.79 Å². The zero-order chi connectivity index (χ0) is 11.5. The molecule has 2 N–H and O–H groups in total. The van der Waals surface area contributed by atoms with Crippen LogP contribution in [0.3, 0.4) is 0 Å². The Morgan fingerprint density at radius 3 is 2.88 bits per heavy atom. The van der Waals surface area contributed by atoms with Gasteiger partial charge in [0.25, 0.3) is 0 Å². The Morgan fingerprint density at radius 1 is 1.62 bits per heavy atom. The lowest BCUT2D eigenvalue weighted by molar-refractivity contribution is 0.0701. The molecule has 1 heterocycles. The molecular formula is C11H16N2O2S. The van der Waals surface area contributed by atoms with E-state index in [2.05, 4.69) is 10.3 Å². The number of carboxylic acid groups (broad SMARTS) is 1. The van der Waals surface area contributed by atoms with Gasteiger partial charge in [-0.05, 0) is 31.7 Å². The van der Waals surface area contributed by atoms with Crippen molar-refractivity contribution in [1.29, 1.82) is 0 Å². The minimum atomic E-state index is -0.859. The summed E-state index contributed by atoms with van der Waals surface area (Å²) in [5, 5.41) is 13.2. The van der Waals surface area contributed by atoms with Crippen LogP contribution in [0.25, 0.3) is 0 Å². The normalized spacial score (nSPS) is 15.3. The Kier molecular flexibility index (Phi) is 3.56. The van der Waals surface area contributed by atoms with Crippen LogP contribution in [0.4, 0.5) is 0 Å². The lowest BCUT2D eigenvalue weighted by Crippen LogP contribution is -2.15. The quantitative estimate of drug-likeness (QED) is 0.797. The number of carbonyl (C=O) groups is 1. The van der Waals surface area contributed by atoms with Gasteiger partial charge in [-0.1, -0.05) is 6.92 Å². The van der Waals surface area contributed by atoms with Gasteiger partial charge in [-0.3, -0.25) is 0 Å². The van der Waals surface area contributed by atoms with E-state index in [1.165, 1.54) is 24.2 Å². The largest absolute Gasteiger partial charge is 0.477 e. The number of hydrogen-bond donors (Lipinski definition) is 2. The lowest BCUT2D eigenvalue weighted by Gasteiger charge is -1.98. The molecule has 0 aliphatic heterocycles. The van der Waals surface area contributed by atoms with Gasteiger partial charge in [0.1, 0.15) is 9.88 Å². The van der Waals surface area contributed by atoms with Gasteiger partial charge in [0.2, 0.25) is 0 Å². The Labute approximate surface area is 98.7 Å². The summed E-state index contributed by atoms with van der Waals surface area (Å²) in [7, 11) is 0. The highest BCUT2D eigenvalue weighted by atomic mass is 32.1. The smallest absolute Gasteiger partial charge is 0.347 e. The summed E-state index contributed by atoms with van der Waals surface area (Å²) in [6.07, 6.45) is 3.33. The topological polar surface area (TPSA) is 62.2 Å². The Balaban J connectivity index is 1.94. The third-order valence-electron chi connectivity index (χ3n) is 2.68. The van der Waals surface area contributed by atoms with Gasteiger partial charge in [-0.2, -0.15) is 0 Å². The zero-order valence-electron chi connectivity index (χ0n) is 9.32. The van der Waals surface area contributed by atoms with Crippen LogP contribution < -0.4 is 5.32 Å². The number of carboxylic acids is 1. The highest BCUT2D eigenvalue weighted by Crippen LogP contribution is 2.27. The van der Waals surface area contributed by atoms with Crippen molar-refractivity contribution in [2.75, 3.05) is 6.54 Å². The third-order valence-corrected chi connectivity index (χ3v) is 3.76. The molecule has 1 fully saturated rings. The molecule has 0 aromatic carbocycles. The first kappa shape index (κ1) is 11.5. The van der Waals surface area contributed by atoms with E-state index in [4.69, 9.17) is 5.11 Å². The molecule has 1 aliphatic carbocycles. The summed E-state index contributed by atoms with van der Waals surface area (Å²) in [4.78, 5) is 15.7. The van der Waals surface area contributed by atoms with E-state index in [-0.39, 0.29) is 0 Å². The first-order valence-electron chi connectivity index (χ1n) is 5.63. The van der Waals surface area contributed by atoms with Crippen LogP contribution >= 0.6 is 11.3 Å². The van der Waals surface area contributed by atoms with E-state index in [0.29, 0.717) is 23.5 Å². The van der Waals surface area contributed by atoms with Crippen LogP contribution in [-0.2, 0) is 13.0 Å². The van der Waals surface area contributed by atoms with Crippen LogP contribution in [0.2, 0.25) is 0 Å². The second-order valence-corrected chi connectivity index (χ2v) is 5.20. The molecule has 0 amide bonds. The van der Waals surface area contributed by atoms with Crippen molar-refractivity contribution in [2.45, 2.75) is 32.7 Å². The molecule has 0 bridgehead atoms. The predicted octanol–water partition coefficient (Wildman–Crippen LogP) is 1.90. The van der Waals surface area contributed by atoms with Crippen molar-refractivity contribution in [3.05, 3.63) is 15.6 Å². The van der Waals surface area contributed by atoms with Gasteiger partial charge in [-0.25, -0.2) is 9.78 Å². The van der Waals surface area contributed by atoms with Gasteiger partial charge >= 0.3 is 5.97 Å². The summed E-state index contributed by atoms with van der Waals surface area (Å²) in [5.74, 6) is -0.0210. The van der Waals surface area contributed by atoms with Crippen LogP contribution in [0.5, 0.6) is 0 Å². The molecular weight excluding hydrogens is 224 g/mol. The highest BCUT2D eigenvalue weighted by Gasteiger charge is 2.21. The molecule has 1 saturated carbocycles. The van der Waals surface area contributed by atoms with Gasteiger partial charge in [-0.15, -0.1) is 11.3 Å². The molecule has 88 valence electrons. The average Bonchev–Trinajstić information content (AvgIpc) is 2.96. The summed E-state index contributed by atoms with van der Waals surface area (Å²) >= 11 is 1.29. The molecule has 0 unspecified atom stereocenters. The van der Waals surface area contributed by atoms with E-state index in [1.54, 1.807) is 0 Å². The van der Waals surface area contributed by atoms with Crippen LogP contribution in [0.15, 0.2) is 0 Å². The summed E-state index contributed by atoms with van der Waals surface area (Å²) in [6, 6.07) is 0.